The molecule has 20 heavy (non-hydrogen) atoms. The third kappa shape index (κ3) is 3.88. The lowest BCUT2D eigenvalue weighted by Gasteiger charge is -2.05. The summed E-state index contributed by atoms with van der Waals surface area (Å²) >= 11 is 1.44. The molecule has 102 valence electrons. The van der Waals surface area contributed by atoms with Crippen LogP contribution in [0.2, 0.25) is 0 Å². The van der Waals surface area contributed by atoms with E-state index in [4.69, 9.17) is 16.6 Å². The van der Waals surface area contributed by atoms with E-state index in [1.165, 1.54) is 17.8 Å². The number of nitrogens with two attached hydrogens (primary N) is 2. The highest BCUT2D eigenvalue weighted by Crippen LogP contribution is 2.22. The Bertz CT molecular complexity index is 643. The van der Waals surface area contributed by atoms with Crippen molar-refractivity contribution in [3.63, 3.8) is 0 Å². The molecule has 0 saturated carbocycles. The minimum Gasteiger partial charge on any atom is -0.384 e. The molecule has 1 heterocycles. The van der Waals surface area contributed by atoms with E-state index < -0.39 is 0 Å². The van der Waals surface area contributed by atoms with E-state index in [0.29, 0.717) is 22.5 Å². The van der Waals surface area contributed by atoms with Crippen molar-refractivity contribution in [1.29, 1.82) is 0 Å². The maximum Gasteiger partial charge on any atom is 0.191 e. The van der Waals surface area contributed by atoms with Gasteiger partial charge in [0.15, 0.2) is 5.16 Å². The van der Waals surface area contributed by atoms with Gasteiger partial charge in [0, 0.05) is 17.4 Å². The number of hydrogen-bond donors (Lipinski definition) is 3. The fourth-order valence-corrected chi connectivity index (χ4v) is 2.45. The molecule has 0 amide bonds. The monoisotopic (exact) mass is 286 g/mol. The molecule has 2 rings (SSSR count). The van der Waals surface area contributed by atoms with Crippen molar-refractivity contribution in [3.8, 4) is 11.8 Å². The van der Waals surface area contributed by atoms with Gasteiger partial charge in [0.2, 0.25) is 0 Å². The largest absolute Gasteiger partial charge is 0.384 e. The highest BCUT2D eigenvalue weighted by Gasteiger charge is 2.04. The van der Waals surface area contributed by atoms with Crippen molar-refractivity contribution >= 4 is 23.4 Å². The molecule has 5 nitrogen and oxygen atoms in total. The lowest BCUT2D eigenvalue weighted by Crippen LogP contribution is -1.99. The number of aliphatic hydroxyl groups is 1. The summed E-state index contributed by atoms with van der Waals surface area (Å²) in [6, 6.07) is 9.25. The van der Waals surface area contributed by atoms with E-state index in [-0.39, 0.29) is 6.61 Å². The summed E-state index contributed by atoms with van der Waals surface area (Å²) in [6.07, 6.45) is 0. The van der Waals surface area contributed by atoms with Gasteiger partial charge in [-0.1, -0.05) is 41.8 Å². The average molecular weight is 286 g/mol. The van der Waals surface area contributed by atoms with E-state index in [9.17, 15) is 0 Å². The lowest BCUT2D eigenvalue weighted by molar-refractivity contribution is 0.350. The van der Waals surface area contributed by atoms with Crippen LogP contribution in [0.4, 0.5) is 11.6 Å². The van der Waals surface area contributed by atoms with Gasteiger partial charge >= 0.3 is 0 Å². The van der Waals surface area contributed by atoms with Crippen LogP contribution in [0.1, 0.15) is 11.1 Å². The van der Waals surface area contributed by atoms with Crippen LogP contribution >= 0.6 is 11.8 Å². The van der Waals surface area contributed by atoms with E-state index in [1.54, 1.807) is 0 Å². The van der Waals surface area contributed by atoms with Crippen LogP contribution < -0.4 is 11.5 Å². The molecule has 5 N–H and O–H groups in total. The van der Waals surface area contributed by atoms with Crippen molar-refractivity contribution in [3.05, 3.63) is 41.5 Å². The van der Waals surface area contributed by atoms with Crippen LogP contribution in [-0.2, 0) is 5.75 Å². The summed E-state index contributed by atoms with van der Waals surface area (Å²) in [6.45, 7) is -0.156. The summed E-state index contributed by atoms with van der Waals surface area (Å²) in [5.74, 6) is 6.93. The summed E-state index contributed by atoms with van der Waals surface area (Å²) in [4.78, 5) is 8.23. The topological polar surface area (TPSA) is 98.1 Å². The predicted octanol–water partition coefficient (Wildman–Crippen LogP) is 1.28. The highest BCUT2D eigenvalue weighted by atomic mass is 32.2. The molecule has 1 aromatic carbocycles. The molecule has 6 heteroatoms. The Labute approximate surface area is 121 Å². The Morgan fingerprint density at radius 2 is 1.85 bits per heavy atom. The minimum atomic E-state index is -0.156. The van der Waals surface area contributed by atoms with E-state index in [2.05, 4.69) is 21.8 Å². The van der Waals surface area contributed by atoms with Crippen LogP contribution in [0.5, 0.6) is 0 Å². The smallest absolute Gasteiger partial charge is 0.191 e. The molecule has 2 aromatic rings. The Morgan fingerprint density at radius 1 is 1.15 bits per heavy atom. The predicted molar refractivity (Wildman–Crippen MR) is 80.8 cm³/mol. The van der Waals surface area contributed by atoms with Crippen LogP contribution in [0, 0.1) is 11.8 Å². The molecule has 0 saturated heterocycles. The Hall–Kier alpha value is -2.23. The van der Waals surface area contributed by atoms with E-state index in [0.717, 1.165) is 11.1 Å². The molecule has 0 aliphatic rings. The van der Waals surface area contributed by atoms with Gasteiger partial charge in [0.05, 0.1) is 0 Å². The second kappa shape index (κ2) is 6.80. The fourth-order valence-electron chi connectivity index (χ4n) is 1.57. The van der Waals surface area contributed by atoms with Gasteiger partial charge < -0.3 is 16.6 Å². The SMILES string of the molecule is Nc1cc(N)nc(SCc2ccccc2C#CCO)n1. The Kier molecular flexibility index (Phi) is 4.82. The molecular weight excluding hydrogens is 272 g/mol. The van der Waals surface area contributed by atoms with Crippen LogP contribution in [0.3, 0.4) is 0 Å². The first kappa shape index (κ1) is 14.2. The maximum absolute atomic E-state index is 8.76. The highest BCUT2D eigenvalue weighted by molar-refractivity contribution is 7.98. The number of rotatable bonds is 3. The molecule has 0 aliphatic heterocycles. The van der Waals surface area contributed by atoms with Crippen LogP contribution in [0.25, 0.3) is 0 Å². The number of benzene rings is 1. The van der Waals surface area contributed by atoms with Crippen LogP contribution in [-0.4, -0.2) is 21.7 Å². The van der Waals surface area contributed by atoms with Gasteiger partial charge in [-0.05, 0) is 11.6 Å². The Morgan fingerprint density at radius 3 is 2.55 bits per heavy atom. The first-order valence-corrected chi connectivity index (χ1v) is 6.88. The van der Waals surface area contributed by atoms with Gasteiger partial charge in [-0.3, -0.25) is 0 Å². The van der Waals surface area contributed by atoms with Crippen molar-refractivity contribution in [2.24, 2.45) is 0 Å². The number of aliphatic hydroxyl groups excluding tert-OH is 1. The summed E-state index contributed by atoms with van der Waals surface area (Å²) < 4.78 is 0. The van der Waals surface area contributed by atoms with Crippen LogP contribution in [0.15, 0.2) is 35.5 Å². The molecule has 0 spiro atoms. The molecule has 0 aliphatic carbocycles. The summed E-state index contributed by atoms with van der Waals surface area (Å²) in [5, 5.41) is 9.30. The Balaban J connectivity index is 2.14. The van der Waals surface area contributed by atoms with Crippen molar-refractivity contribution in [2.75, 3.05) is 18.1 Å². The zero-order chi connectivity index (χ0) is 14.4. The molecular formula is C14H14N4OS. The standard InChI is InChI=1S/C14H14N4OS/c15-12-8-13(16)18-14(17-12)20-9-11-5-2-1-4-10(11)6-3-7-19/h1-2,4-5,8,19H,7,9H2,(H4,15,16,17,18). The van der Waals surface area contributed by atoms with Crippen molar-refractivity contribution in [2.45, 2.75) is 10.9 Å². The lowest BCUT2D eigenvalue weighted by atomic mass is 10.1. The van der Waals surface area contributed by atoms with Gasteiger partial charge in [-0.2, -0.15) is 0 Å². The second-order valence-corrected chi connectivity index (χ2v) is 4.85. The normalized spacial score (nSPS) is 9.85. The van der Waals surface area contributed by atoms with Gasteiger partial charge in [0.25, 0.3) is 0 Å². The number of anilines is 2. The first-order chi connectivity index (χ1) is 9.69. The van der Waals surface area contributed by atoms with Gasteiger partial charge in [-0.25, -0.2) is 9.97 Å². The van der Waals surface area contributed by atoms with E-state index >= 15 is 0 Å². The zero-order valence-electron chi connectivity index (χ0n) is 10.7. The van der Waals surface area contributed by atoms with Crippen molar-refractivity contribution in [1.82, 2.24) is 9.97 Å². The molecule has 1 aromatic heterocycles. The number of nitrogen functional groups attached to an aromatic ring is 2. The summed E-state index contributed by atoms with van der Waals surface area (Å²) in [5.41, 5.74) is 13.2. The fraction of sp³-hybridized carbons (Fsp3) is 0.143. The zero-order valence-corrected chi connectivity index (χ0v) is 11.5. The third-order valence-corrected chi connectivity index (χ3v) is 3.32. The molecule has 0 radical (unpaired) electrons. The number of hydrogen-bond acceptors (Lipinski definition) is 6. The molecule has 0 atom stereocenters. The minimum absolute atomic E-state index is 0.156. The number of thioether (sulfide) groups is 1. The quantitative estimate of drug-likeness (QED) is 0.446. The molecule has 0 unspecified atom stereocenters. The molecule has 0 fully saturated rings. The maximum atomic E-state index is 8.76. The summed E-state index contributed by atoms with van der Waals surface area (Å²) in [7, 11) is 0. The average Bonchev–Trinajstić information content (AvgIpc) is 2.43. The third-order valence-electron chi connectivity index (χ3n) is 2.42. The van der Waals surface area contributed by atoms with Gasteiger partial charge in [0.1, 0.15) is 18.2 Å². The molecule has 0 bridgehead atoms. The first-order valence-electron chi connectivity index (χ1n) is 5.89. The number of nitrogens with zero attached hydrogens (tertiary/aromatic N) is 2. The number of aromatic nitrogens is 2. The van der Waals surface area contributed by atoms with E-state index in [1.807, 2.05) is 24.3 Å². The second-order valence-electron chi connectivity index (χ2n) is 3.91. The van der Waals surface area contributed by atoms with Gasteiger partial charge in [-0.15, -0.1) is 0 Å². The van der Waals surface area contributed by atoms with Crippen molar-refractivity contribution < 1.29 is 5.11 Å².